The van der Waals surface area contributed by atoms with Gasteiger partial charge in [-0.2, -0.15) is 18.3 Å². The van der Waals surface area contributed by atoms with Gasteiger partial charge in [0.15, 0.2) is 0 Å². The molecule has 120 valence electrons. The van der Waals surface area contributed by atoms with Gasteiger partial charge in [0.25, 0.3) is 0 Å². The lowest BCUT2D eigenvalue weighted by Gasteiger charge is -2.07. The summed E-state index contributed by atoms with van der Waals surface area (Å²) in [6.45, 7) is 4.90. The van der Waals surface area contributed by atoms with Crippen LogP contribution >= 0.6 is 0 Å². The molecular weight excluding hydrogens is 301 g/mol. The highest BCUT2D eigenvalue weighted by Gasteiger charge is 2.35. The molecule has 2 aromatic rings. The van der Waals surface area contributed by atoms with Crippen molar-refractivity contribution >= 4 is 5.97 Å². The Balaban J connectivity index is 2.00. The number of furan rings is 1. The zero-order chi connectivity index (χ0) is 16.5. The minimum atomic E-state index is -4.51. The summed E-state index contributed by atoms with van der Waals surface area (Å²) in [5.74, 6) is 0.432. The topological polar surface area (TPSA) is 68.1 Å². The van der Waals surface area contributed by atoms with Crippen LogP contribution in [0.5, 0.6) is 0 Å². The van der Waals surface area contributed by atoms with Gasteiger partial charge in [0.05, 0.1) is 12.8 Å². The number of hydrogen-bond donors (Lipinski definition) is 1. The molecule has 0 saturated heterocycles. The molecule has 0 unspecified atom stereocenters. The van der Waals surface area contributed by atoms with Gasteiger partial charge in [-0.25, -0.2) is 4.79 Å². The smallest absolute Gasteiger partial charge is 0.433 e. The third kappa shape index (κ3) is 3.15. The van der Waals surface area contributed by atoms with E-state index in [1.807, 2.05) is 5.10 Å². The van der Waals surface area contributed by atoms with E-state index < -0.39 is 17.8 Å². The highest BCUT2D eigenvalue weighted by Crippen LogP contribution is 2.30. The number of carbonyl (C=O) groups excluding carboxylic acids is 1. The Morgan fingerprint density at radius 3 is 2.55 bits per heavy atom. The number of nitrogens with zero attached hydrogens (tertiary/aromatic N) is 1. The van der Waals surface area contributed by atoms with Crippen molar-refractivity contribution in [2.45, 2.75) is 33.4 Å². The fraction of sp³-hybridized carbons (Fsp3) is 0.429. The molecule has 0 aliphatic rings. The van der Waals surface area contributed by atoms with Crippen LogP contribution in [0.15, 0.2) is 10.6 Å². The van der Waals surface area contributed by atoms with Crippen LogP contribution in [0.3, 0.4) is 0 Å². The number of H-pyrrole nitrogens is 1. The Kier molecular flexibility index (Phi) is 4.30. The molecule has 0 radical (unpaired) electrons. The van der Waals surface area contributed by atoms with Crippen LogP contribution in [0.2, 0.25) is 0 Å². The van der Waals surface area contributed by atoms with Crippen LogP contribution in [0, 0.1) is 20.8 Å². The maximum atomic E-state index is 12.6. The first-order valence-electron chi connectivity index (χ1n) is 6.55. The minimum absolute atomic E-state index is 0.0443. The minimum Gasteiger partial charge on any atom is -0.465 e. The Bertz CT molecular complexity index is 686. The molecule has 0 saturated carbocycles. The largest absolute Gasteiger partial charge is 0.465 e. The van der Waals surface area contributed by atoms with Gasteiger partial charge in [-0.3, -0.25) is 5.10 Å². The first-order valence-corrected chi connectivity index (χ1v) is 6.55. The van der Waals surface area contributed by atoms with Gasteiger partial charge in [0.2, 0.25) is 0 Å². The zero-order valence-electron chi connectivity index (χ0n) is 12.3. The van der Waals surface area contributed by atoms with Crippen LogP contribution in [-0.4, -0.2) is 22.8 Å². The molecule has 2 rings (SSSR count). The van der Waals surface area contributed by atoms with E-state index >= 15 is 0 Å². The van der Waals surface area contributed by atoms with Crippen molar-refractivity contribution in [2.75, 3.05) is 6.61 Å². The van der Waals surface area contributed by atoms with E-state index in [4.69, 9.17) is 9.15 Å². The molecule has 2 heterocycles. The number of hydrogen-bond acceptors (Lipinski definition) is 4. The lowest BCUT2D eigenvalue weighted by atomic mass is 10.1. The Hall–Kier alpha value is -2.25. The van der Waals surface area contributed by atoms with E-state index in [0.29, 0.717) is 22.6 Å². The Morgan fingerprint density at radius 2 is 2.00 bits per heavy atom. The number of esters is 1. The Morgan fingerprint density at radius 1 is 1.32 bits per heavy atom. The van der Waals surface area contributed by atoms with Crippen LogP contribution in [0.25, 0.3) is 0 Å². The van der Waals surface area contributed by atoms with Crippen molar-refractivity contribution in [3.05, 3.63) is 40.1 Å². The third-order valence-corrected chi connectivity index (χ3v) is 3.37. The van der Waals surface area contributed by atoms with E-state index in [-0.39, 0.29) is 18.6 Å². The van der Waals surface area contributed by atoms with E-state index in [2.05, 4.69) is 5.10 Å². The SMILES string of the molecule is Cc1oc(C)c(C(=O)OCCc2cn[nH]c2C(F)(F)F)c1C. The van der Waals surface area contributed by atoms with Crippen LogP contribution in [-0.2, 0) is 17.3 Å². The van der Waals surface area contributed by atoms with Gasteiger partial charge in [0, 0.05) is 17.5 Å². The predicted octanol–water partition coefficient (Wildman–Crippen LogP) is 3.35. The van der Waals surface area contributed by atoms with Gasteiger partial charge in [-0.05, 0) is 20.8 Å². The maximum Gasteiger partial charge on any atom is 0.433 e. The summed E-state index contributed by atoms with van der Waals surface area (Å²) in [5, 5.41) is 5.28. The first-order chi connectivity index (χ1) is 10.2. The molecule has 0 aromatic carbocycles. The summed E-state index contributed by atoms with van der Waals surface area (Å²) in [6.07, 6.45) is -3.51. The van der Waals surface area contributed by atoms with Crippen molar-refractivity contribution in [3.63, 3.8) is 0 Å². The van der Waals surface area contributed by atoms with E-state index in [0.717, 1.165) is 6.20 Å². The molecule has 0 aliphatic heterocycles. The summed E-state index contributed by atoms with van der Waals surface area (Å²) >= 11 is 0. The van der Waals surface area contributed by atoms with Crippen molar-refractivity contribution < 1.29 is 27.1 Å². The van der Waals surface area contributed by atoms with Gasteiger partial charge < -0.3 is 9.15 Å². The molecule has 0 bridgehead atoms. The third-order valence-electron chi connectivity index (χ3n) is 3.37. The molecule has 0 atom stereocenters. The van der Waals surface area contributed by atoms with E-state index in [1.54, 1.807) is 20.8 Å². The molecule has 2 aromatic heterocycles. The number of ether oxygens (including phenoxy) is 1. The van der Waals surface area contributed by atoms with Crippen LogP contribution in [0.4, 0.5) is 13.2 Å². The summed E-state index contributed by atoms with van der Waals surface area (Å²) in [6, 6.07) is 0. The number of carbonyl (C=O) groups is 1. The molecule has 0 fully saturated rings. The van der Waals surface area contributed by atoms with Crippen LogP contribution < -0.4 is 0 Å². The van der Waals surface area contributed by atoms with E-state index in [1.165, 1.54) is 0 Å². The van der Waals surface area contributed by atoms with Crippen molar-refractivity contribution in [1.29, 1.82) is 0 Å². The molecule has 22 heavy (non-hydrogen) atoms. The molecule has 1 N–H and O–H groups in total. The zero-order valence-corrected chi connectivity index (χ0v) is 12.3. The van der Waals surface area contributed by atoms with E-state index in [9.17, 15) is 18.0 Å². The van der Waals surface area contributed by atoms with Crippen molar-refractivity contribution in [2.24, 2.45) is 0 Å². The number of halogens is 3. The standard InChI is InChI=1S/C14H15F3N2O3/c1-7-8(2)22-9(3)11(7)13(20)21-5-4-10-6-18-19-12(10)14(15,16)17/h6H,4-5H2,1-3H3,(H,18,19). The summed E-state index contributed by atoms with van der Waals surface area (Å²) in [4.78, 5) is 12.0. The summed E-state index contributed by atoms with van der Waals surface area (Å²) in [7, 11) is 0. The number of aryl methyl sites for hydroxylation is 2. The van der Waals surface area contributed by atoms with Gasteiger partial charge in [-0.15, -0.1) is 0 Å². The Labute approximate surface area is 124 Å². The normalized spacial score (nSPS) is 11.7. The molecule has 8 heteroatoms. The number of aromatic nitrogens is 2. The average molecular weight is 316 g/mol. The summed E-state index contributed by atoms with van der Waals surface area (Å²) < 4.78 is 48.3. The number of alkyl halides is 3. The highest BCUT2D eigenvalue weighted by molar-refractivity contribution is 5.92. The first kappa shape index (κ1) is 16.1. The lowest BCUT2D eigenvalue weighted by molar-refractivity contribution is -0.141. The monoisotopic (exact) mass is 316 g/mol. The average Bonchev–Trinajstić information content (AvgIpc) is 2.95. The second-order valence-corrected chi connectivity index (χ2v) is 4.87. The van der Waals surface area contributed by atoms with Gasteiger partial charge in [-0.1, -0.05) is 0 Å². The van der Waals surface area contributed by atoms with Crippen LogP contribution in [0.1, 0.15) is 38.7 Å². The quantitative estimate of drug-likeness (QED) is 0.878. The maximum absolute atomic E-state index is 12.6. The predicted molar refractivity (Wildman–Crippen MR) is 70.5 cm³/mol. The fourth-order valence-electron chi connectivity index (χ4n) is 2.17. The molecular formula is C14H15F3N2O3. The number of nitrogens with one attached hydrogen (secondary N) is 1. The van der Waals surface area contributed by atoms with Crippen molar-refractivity contribution in [1.82, 2.24) is 10.2 Å². The highest BCUT2D eigenvalue weighted by atomic mass is 19.4. The molecule has 5 nitrogen and oxygen atoms in total. The summed E-state index contributed by atoms with van der Waals surface area (Å²) in [5.41, 5.74) is 0.0229. The lowest BCUT2D eigenvalue weighted by Crippen LogP contribution is -2.13. The molecule has 0 aliphatic carbocycles. The second-order valence-electron chi connectivity index (χ2n) is 4.87. The number of rotatable bonds is 4. The van der Waals surface area contributed by atoms with Gasteiger partial charge >= 0.3 is 12.1 Å². The second kappa shape index (κ2) is 5.86. The fourth-order valence-corrected chi connectivity index (χ4v) is 2.17. The molecule has 0 amide bonds. The number of aromatic amines is 1. The van der Waals surface area contributed by atoms with Gasteiger partial charge in [0.1, 0.15) is 22.8 Å². The van der Waals surface area contributed by atoms with Crippen molar-refractivity contribution in [3.8, 4) is 0 Å². The molecule has 0 spiro atoms.